The molecule has 0 radical (unpaired) electrons. The zero-order chi connectivity index (χ0) is 29.1. The van der Waals surface area contributed by atoms with Gasteiger partial charge in [0.2, 0.25) is 0 Å². The standard InChI is InChI=1S/C33H32N2O5S/c1-6-40-32(37)28-29(23-10-8-7-9-11-23)34-33-35(30(28)24-16-17-25(38-4)26(19-24)39-5)31(36)27(41-33)18-21-12-14-22(15-13-21)20(2)3/h7-20,30H,6H2,1-5H3/b27-18-/t30-/m1/s1. The Hall–Kier alpha value is -4.43. The molecule has 0 saturated carbocycles. The molecular formula is C33H32N2O5S. The van der Waals surface area contributed by atoms with Gasteiger partial charge in [0.15, 0.2) is 16.3 Å². The van der Waals surface area contributed by atoms with Gasteiger partial charge in [0, 0.05) is 5.56 Å². The van der Waals surface area contributed by atoms with Crippen LogP contribution in [0, 0.1) is 0 Å². The fourth-order valence-corrected chi connectivity index (χ4v) is 5.91. The summed E-state index contributed by atoms with van der Waals surface area (Å²) < 4.78 is 18.7. The van der Waals surface area contributed by atoms with E-state index in [-0.39, 0.29) is 17.7 Å². The van der Waals surface area contributed by atoms with E-state index in [0.717, 1.165) is 11.1 Å². The molecule has 2 heterocycles. The van der Waals surface area contributed by atoms with Crippen molar-refractivity contribution in [1.82, 2.24) is 4.57 Å². The van der Waals surface area contributed by atoms with Gasteiger partial charge in [-0.2, -0.15) is 0 Å². The molecule has 41 heavy (non-hydrogen) atoms. The van der Waals surface area contributed by atoms with Gasteiger partial charge in [-0.05, 0) is 47.7 Å². The average Bonchev–Trinajstić information content (AvgIpc) is 3.30. The molecule has 5 rings (SSSR count). The molecule has 1 aromatic heterocycles. The Morgan fingerprint density at radius 3 is 2.34 bits per heavy atom. The molecule has 0 unspecified atom stereocenters. The fourth-order valence-electron chi connectivity index (χ4n) is 4.91. The highest BCUT2D eigenvalue weighted by Gasteiger charge is 2.35. The van der Waals surface area contributed by atoms with E-state index in [9.17, 15) is 9.59 Å². The number of nitrogens with zero attached hydrogens (tertiary/aromatic N) is 2. The Morgan fingerprint density at radius 2 is 1.71 bits per heavy atom. The maximum Gasteiger partial charge on any atom is 0.338 e. The lowest BCUT2D eigenvalue weighted by Gasteiger charge is -2.26. The second kappa shape index (κ2) is 12.0. The predicted octanol–water partition coefficient (Wildman–Crippen LogP) is 5.08. The lowest BCUT2D eigenvalue weighted by molar-refractivity contribution is -0.138. The molecule has 1 aliphatic rings. The number of aromatic nitrogens is 1. The molecule has 0 fully saturated rings. The maximum atomic E-state index is 14.1. The number of hydrogen-bond donors (Lipinski definition) is 0. The van der Waals surface area contributed by atoms with E-state index in [0.29, 0.717) is 38.0 Å². The first-order valence-corrected chi connectivity index (χ1v) is 14.3. The third-order valence-corrected chi connectivity index (χ3v) is 7.98. The van der Waals surface area contributed by atoms with Crippen molar-refractivity contribution in [3.05, 3.63) is 120 Å². The molecule has 0 N–H and O–H groups in total. The van der Waals surface area contributed by atoms with Gasteiger partial charge in [0.05, 0.1) is 42.7 Å². The van der Waals surface area contributed by atoms with Crippen LogP contribution in [-0.4, -0.2) is 31.4 Å². The number of thiazole rings is 1. The van der Waals surface area contributed by atoms with Crippen LogP contribution in [-0.2, 0) is 9.53 Å². The Balaban J connectivity index is 1.80. The molecule has 0 amide bonds. The van der Waals surface area contributed by atoms with Crippen LogP contribution in [0.5, 0.6) is 11.5 Å². The van der Waals surface area contributed by atoms with Crippen LogP contribution in [0.15, 0.2) is 88.2 Å². The molecule has 210 valence electrons. The molecule has 4 aromatic rings. The number of ether oxygens (including phenoxy) is 3. The van der Waals surface area contributed by atoms with E-state index in [1.807, 2.05) is 54.6 Å². The molecule has 8 heteroatoms. The van der Waals surface area contributed by atoms with E-state index in [4.69, 9.17) is 19.2 Å². The van der Waals surface area contributed by atoms with E-state index in [1.165, 1.54) is 16.9 Å². The van der Waals surface area contributed by atoms with Crippen LogP contribution in [0.2, 0.25) is 0 Å². The van der Waals surface area contributed by atoms with Crippen molar-refractivity contribution in [1.29, 1.82) is 0 Å². The normalized spacial score (nSPS) is 15.0. The molecule has 0 bridgehead atoms. The SMILES string of the molecule is CCOC(=O)C1=C(c2ccccc2)N=c2s/c(=C\c3ccc(C(C)C)cc3)c(=O)n2[C@@H]1c1ccc(OC)c(OC)c1. The lowest BCUT2D eigenvalue weighted by atomic mass is 9.93. The number of fused-ring (bicyclic) bond motifs is 1. The quantitative estimate of drug-likeness (QED) is 0.277. The summed E-state index contributed by atoms with van der Waals surface area (Å²) in [6.45, 7) is 6.23. The van der Waals surface area contributed by atoms with Gasteiger partial charge in [0.25, 0.3) is 5.56 Å². The zero-order valence-corrected chi connectivity index (χ0v) is 24.5. The molecular weight excluding hydrogens is 536 g/mol. The highest BCUT2D eigenvalue weighted by atomic mass is 32.1. The van der Waals surface area contributed by atoms with Crippen LogP contribution < -0.4 is 24.4 Å². The first-order chi connectivity index (χ1) is 19.9. The largest absolute Gasteiger partial charge is 0.493 e. The van der Waals surface area contributed by atoms with Crippen LogP contribution in [0.1, 0.15) is 55.0 Å². The second-order valence-corrected chi connectivity index (χ2v) is 10.9. The summed E-state index contributed by atoms with van der Waals surface area (Å²) in [5.74, 6) is 0.902. The van der Waals surface area contributed by atoms with Crippen LogP contribution in [0.3, 0.4) is 0 Å². The topological polar surface area (TPSA) is 79.1 Å². The van der Waals surface area contributed by atoms with E-state index < -0.39 is 12.0 Å². The molecule has 3 aromatic carbocycles. The van der Waals surface area contributed by atoms with Gasteiger partial charge in [-0.3, -0.25) is 9.36 Å². The summed E-state index contributed by atoms with van der Waals surface area (Å²) in [7, 11) is 3.11. The van der Waals surface area contributed by atoms with E-state index >= 15 is 0 Å². The smallest absolute Gasteiger partial charge is 0.338 e. The fraction of sp³-hybridized carbons (Fsp3) is 0.242. The lowest BCUT2D eigenvalue weighted by Crippen LogP contribution is -2.40. The van der Waals surface area contributed by atoms with Gasteiger partial charge in [-0.15, -0.1) is 0 Å². The number of benzene rings is 3. The number of esters is 1. The number of methoxy groups -OCH3 is 2. The highest BCUT2D eigenvalue weighted by Crippen LogP contribution is 2.38. The monoisotopic (exact) mass is 568 g/mol. The third kappa shape index (κ3) is 5.47. The molecule has 1 aliphatic heterocycles. The Labute approximate surface area is 242 Å². The van der Waals surface area contributed by atoms with Crippen molar-refractivity contribution >= 4 is 29.1 Å². The number of carbonyl (C=O) groups is 1. The summed E-state index contributed by atoms with van der Waals surface area (Å²) in [5.41, 5.74) is 4.07. The van der Waals surface area contributed by atoms with Crippen molar-refractivity contribution in [2.24, 2.45) is 4.99 Å². The number of hydrogen-bond acceptors (Lipinski definition) is 7. The van der Waals surface area contributed by atoms with Crippen LogP contribution in [0.25, 0.3) is 11.8 Å². The van der Waals surface area contributed by atoms with Gasteiger partial charge < -0.3 is 14.2 Å². The third-order valence-electron chi connectivity index (χ3n) is 7.00. The summed E-state index contributed by atoms with van der Waals surface area (Å²) in [4.78, 5) is 33.1. The van der Waals surface area contributed by atoms with Crippen molar-refractivity contribution in [2.75, 3.05) is 20.8 Å². The minimum atomic E-state index is -0.800. The van der Waals surface area contributed by atoms with Crippen LogP contribution >= 0.6 is 11.3 Å². The van der Waals surface area contributed by atoms with E-state index in [2.05, 4.69) is 26.0 Å². The highest BCUT2D eigenvalue weighted by molar-refractivity contribution is 7.07. The number of rotatable bonds is 8. The Bertz CT molecular complexity index is 1780. The zero-order valence-electron chi connectivity index (χ0n) is 23.7. The molecule has 1 atom stereocenters. The average molecular weight is 569 g/mol. The summed E-state index contributed by atoms with van der Waals surface area (Å²) in [5, 5.41) is 0. The minimum absolute atomic E-state index is 0.180. The van der Waals surface area contributed by atoms with Crippen molar-refractivity contribution < 1.29 is 19.0 Å². The second-order valence-electron chi connectivity index (χ2n) is 9.87. The molecule has 7 nitrogen and oxygen atoms in total. The van der Waals surface area contributed by atoms with Crippen molar-refractivity contribution in [2.45, 2.75) is 32.7 Å². The Kier molecular flexibility index (Phi) is 8.21. The van der Waals surface area contributed by atoms with Crippen molar-refractivity contribution in [3.8, 4) is 11.5 Å². The van der Waals surface area contributed by atoms with Gasteiger partial charge in [-0.1, -0.05) is 85.8 Å². The summed E-state index contributed by atoms with van der Waals surface area (Å²) in [6.07, 6.45) is 1.87. The Morgan fingerprint density at radius 1 is 1.00 bits per heavy atom. The van der Waals surface area contributed by atoms with E-state index in [1.54, 1.807) is 37.8 Å². The predicted molar refractivity (Wildman–Crippen MR) is 161 cm³/mol. The number of carbonyl (C=O) groups excluding carboxylic acids is 1. The van der Waals surface area contributed by atoms with Crippen LogP contribution in [0.4, 0.5) is 0 Å². The van der Waals surface area contributed by atoms with Gasteiger partial charge >= 0.3 is 5.97 Å². The maximum absolute atomic E-state index is 14.1. The molecule has 0 saturated heterocycles. The van der Waals surface area contributed by atoms with Crippen molar-refractivity contribution in [3.63, 3.8) is 0 Å². The summed E-state index contributed by atoms with van der Waals surface area (Å²) in [6, 6.07) is 22.3. The molecule has 0 spiro atoms. The first kappa shape index (κ1) is 28.1. The minimum Gasteiger partial charge on any atom is -0.493 e. The summed E-state index contributed by atoms with van der Waals surface area (Å²) >= 11 is 1.29. The molecule has 0 aliphatic carbocycles. The first-order valence-electron chi connectivity index (χ1n) is 13.5. The van der Waals surface area contributed by atoms with Gasteiger partial charge in [0.1, 0.15) is 0 Å². The van der Waals surface area contributed by atoms with Gasteiger partial charge in [-0.25, -0.2) is 9.79 Å².